The number of aliphatic hydroxyl groups is 1. The van der Waals surface area contributed by atoms with Crippen molar-refractivity contribution in [1.82, 2.24) is 34.5 Å². The summed E-state index contributed by atoms with van der Waals surface area (Å²) in [6, 6.07) is 6.68. The number of nitrogens with zero attached hydrogens (tertiary/aromatic N) is 6. The zero-order chi connectivity index (χ0) is 26.9. The Balaban J connectivity index is 1.24. The number of imidazole rings is 1. The fourth-order valence-electron chi connectivity index (χ4n) is 5.10. The van der Waals surface area contributed by atoms with Gasteiger partial charge in [0.15, 0.2) is 11.5 Å². The number of hydrogen-bond donors (Lipinski definition) is 2. The first kappa shape index (κ1) is 24.0. The van der Waals surface area contributed by atoms with Crippen LogP contribution in [0.5, 0.6) is 0 Å². The van der Waals surface area contributed by atoms with Crippen molar-refractivity contribution in [2.75, 3.05) is 0 Å². The fourth-order valence-corrected chi connectivity index (χ4v) is 5.10. The van der Waals surface area contributed by atoms with E-state index in [1.54, 1.807) is 43.0 Å². The Kier molecular flexibility index (Phi) is 5.35. The molecule has 11 heteroatoms. The van der Waals surface area contributed by atoms with Crippen LogP contribution in [0.1, 0.15) is 71.8 Å². The monoisotopic (exact) mass is 531 g/mol. The number of rotatable bonds is 6. The molecule has 0 aliphatic heterocycles. The maximum absolute atomic E-state index is 13.1. The van der Waals surface area contributed by atoms with Gasteiger partial charge in [-0.25, -0.2) is 24.9 Å². The van der Waals surface area contributed by atoms with Crippen LogP contribution in [-0.2, 0) is 13.2 Å². The van der Waals surface area contributed by atoms with Crippen molar-refractivity contribution in [3.8, 4) is 22.8 Å². The normalized spacial score (nSPS) is 16.6. The quantitative estimate of drug-likeness (QED) is 0.293. The van der Waals surface area contributed by atoms with E-state index in [4.69, 9.17) is 4.98 Å². The Hall–Kier alpha value is -4.12. The molecule has 4 heterocycles. The minimum Gasteiger partial charge on any atom is -0.384 e. The van der Waals surface area contributed by atoms with Crippen molar-refractivity contribution in [2.24, 2.45) is 7.05 Å². The molecule has 2 aliphatic rings. The Morgan fingerprint density at radius 1 is 0.974 bits per heavy atom. The van der Waals surface area contributed by atoms with Gasteiger partial charge in [0.05, 0.1) is 34.2 Å². The molecule has 1 aromatic carbocycles. The molecule has 0 spiro atoms. The summed E-state index contributed by atoms with van der Waals surface area (Å²) >= 11 is 0. The van der Waals surface area contributed by atoms with Crippen molar-refractivity contribution in [3.05, 3.63) is 77.4 Å². The molecular weight excluding hydrogens is 507 g/mol. The highest BCUT2D eigenvalue weighted by Gasteiger charge is 2.36. The second kappa shape index (κ2) is 8.70. The summed E-state index contributed by atoms with van der Waals surface area (Å²) in [5, 5.41) is 11.3. The van der Waals surface area contributed by atoms with Crippen LogP contribution in [-0.4, -0.2) is 39.6 Å². The smallest absolute Gasteiger partial charge is 0.384 e. The lowest BCUT2D eigenvalue weighted by Crippen LogP contribution is -2.05. The van der Waals surface area contributed by atoms with Gasteiger partial charge in [-0.15, -0.1) is 0 Å². The predicted octanol–water partition coefficient (Wildman–Crippen LogP) is 5.67. The lowest BCUT2D eigenvalue weighted by atomic mass is 10.0. The molecule has 8 nitrogen and oxygen atoms in total. The maximum atomic E-state index is 13.1. The highest BCUT2D eigenvalue weighted by atomic mass is 19.4. The number of fused-ring (bicyclic) bond motifs is 1. The van der Waals surface area contributed by atoms with Crippen LogP contribution in [0.2, 0.25) is 0 Å². The van der Waals surface area contributed by atoms with Gasteiger partial charge in [0.2, 0.25) is 0 Å². The first-order chi connectivity index (χ1) is 18.8. The van der Waals surface area contributed by atoms with Gasteiger partial charge >= 0.3 is 6.18 Å². The zero-order valence-electron chi connectivity index (χ0n) is 20.9. The van der Waals surface area contributed by atoms with E-state index in [1.807, 2.05) is 0 Å². The van der Waals surface area contributed by atoms with Gasteiger partial charge in [0.25, 0.3) is 0 Å². The summed E-state index contributed by atoms with van der Waals surface area (Å²) in [6.45, 7) is 0. The van der Waals surface area contributed by atoms with E-state index in [2.05, 4.69) is 24.9 Å². The van der Waals surface area contributed by atoms with E-state index in [1.165, 1.54) is 11.6 Å². The molecule has 2 N–H and O–H groups in total. The van der Waals surface area contributed by atoms with Gasteiger partial charge in [-0.2, -0.15) is 13.2 Å². The second-order valence-corrected chi connectivity index (χ2v) is 10.4. The van der Waals surface area contributed by atoms with E-state index in [9.17, 15) is 18.3 Å². The van der Waals surface area contributed by atoms with Crippen LogP contribution < -0.4 is 0 Å². The first-order valence-electron chi connectivity index (χ1n) is 12.9. The molecule has 7 rings (SSSR count). The second-order valence-electron chi connectivity index (χ2n) is 10.4. The number of aliphatic hydroxyl groups excluding tert-OH is 1. The number of H-pyrrole nitrogens is 1. The number of nitrogens with one attached hydrogen (secondary N) is 1. The van der Waals surface area contributed by atoms with Gasteiger partial charge in [-0.1, -0.05) is 24.3 Å². The highest BCUT2D eigenvalue weighted by Crippen LogP contribution is 2.48. The molecule has 0 radical (unpaired) electrons. The largest absolute Gasteiger partial charge is 0.434 e. The van der Waals surface area contributed by atoms with Crippen molar-refractivity contribution in [3.63, 3.8) is 0 Å². The van der Waals surface area contributed by atoms with Crippen LogP contribution in [0.25, 0.3) is 33.8 Å². The van der Waals surface area contributed by atoms with Crippen LogP contribution in [0.4, 0.5) is 13.2 Å². The average molecular weight is 532 g/mol. The summed E-state index contributed by atoms with van der Waals surface area (Å²) in [7, 11) is 1.52. The van der Waals surface area contributed by atoms with Gasteiger partial charge < -0.3 is 14.7 Å². The molecule has 5 aromatic rings. The Labute approximate surface area is 221 Å². The number of aromatic amines is 1. The molecule has 2 fully saturated rings. The average Bonchev–Trinajstić information content (AvgIpc) is 3.86. The summed E-state index contributed by atoms with van der Waals surface area (Å²) in [6.07, 6.45) is 4.88. The van der Waals surface area contributed by atoms with Crippen LogP contribution in [0.3, 0.4) is 0 Å². The topological polar surface area (TPSA) is 105 Å². The number of benzene rings is 1. The minimum absolute atomic E-state index is 0.191. The summed E-state index contributed by atoms with van der Waals surface area (Å²) < 4.78 is 40.6. The first-order valence-corrected chi connectivity index (χ1v) is 12.9. The minimum atomic E-state index is -4.52. The SMILES string of the molecule is Cn1cc(C(F)(F)F)nc1-c1ccc(C(O)c2c[nH]c3cnc(-c4c(C5CC5)ncnc4C4CC4)nc23)cc1. The molecule has 4 aromatic heterocycles. The van der Waals surface area contributed by atoms with Crippen LogP contribution >= 0.6 is 0 Å². The molecule has 1 unspecified atom stereocenters. The lowest BCUT2D eigenvalue weighted by Gasteiger charge is -2.13. The third-order valence-corrected chi connectivity index (χ3v) is 7.45. The molecule has 1 atom stereocenters. The Bertz CT molecular complexity index is 1670. The molecule has 0 saturated heterocycles. The number of hydrogen-bond acceptors (Lipinski definition) is 6. The highest BCUT2D eigenvalue weighted by molar-refractivity contribution is 5.81. The van der Waals surface area contributed by atoms with Crippen molar-refractivity contribution in [1.29, 1.82) is 0 Å². The molecule has 2 aliphatic carbocycles. The van der Waals surface area contributed by atoms with E-state index in [0.29, 0.717) is 45.4 Å². The van der Waals surface area contributed by atoms with Crippen molar-refractivity contribution < 1.29 is 18.3 Å². The van der Waals surface area contributed by atoms with Gasteiger partial charge in [0, 0.05) is 42.4 Å². The third kappa shape index (κ3) is 4.26. The zero-order valence-corrected chi connectivity index (χ0v) is 20.9. The standard InChI is InChI=1S/C28H24F3N7O/c1-38-12-20(28(29,30)31)36-27(38)17-8-6-16(7-9-17)25(39)18-10-32-19-11-33-26(37-24(18)19)21-22(14-2-3-14)34-13-35-23(21)15-4-5-15/h6-15,25,32,39H,2-5H2,1H3. The predicted molar refractivity (Wildman–Crippen MR) is 137 cm³/mol. The lowest BCUT2D eigenvalue weighted by molar-refractivity contribution is -0.140. The molecule has 0 amide bonds. The number of aryl methyl sites for hydroxylation is 1. The van der Waals surface area contributed by atoms with Crippen molar-refractivity contribution >= 4 is 11.0 Å². The van der Waals surface area contributed by atoms with E-state index in [0.717, 1.165) is 48.8 Å². The summed E-state index contributed by atoms with van der Waals surface area (Å²) in [4.78, 5) is 25.6. The molecule has 2 saturated carbocycles. The Morgan fingerprint density at radius 3 is 2.23 bits per heavy atom. The van der Waals surface area contributed by atoms with Crippen LogP contribution in [0.15, 0.2) is 49.2 Å². The molecule has 39 heavy (non-hydrogen) atoms. The third-order valence-electron chi connectivity index (χ3n) is 7.45. The van der Waals surface area contributed by atoms with E-state index >= 15 is 0 Å². The maximum Gasteiger partial charge on any atom is 0.434 e. The van der Waals surface area contributed by atoms with Gasteiger partial charge in [-0.3, -0.25) is 0 Å². The molecular formula is C28H24F3N7O. The molecule has 0 bridgehead atoms. The van der Waals surface area contributed by atoms with Crippen LogP contribution in [0, 0.1) is 0 Å². The van der Waals surface area contributed by atoms with E-state index in [-0.39, 0.29) is 5.82 Å². The number of halogens is 3. The number of alkyl halides is 3. The summed E-state index contributed by atoms with van der Waals surface area (Å²) in [5.74, 6) is 1.56. The van der Waals surface area contributed by atoms with Gasteiger partial charge in [0.1, 0.15) is 18.3 Å². The Morgan fingerprint density at radius 2 is 1.64 bits per heavy atom. The van der Waals surface area contributed by atoms with Gasteiger partial charge in [-0.05, 0) is 31.2 Å². The molecule has 198 valence electrons. The summed E-state index contributed by atoms with van der Waals surface area (Å²) in [5.41, 5.74) is 4.93. The van der Waals surface area contributed by atoms with E-state index < -0.39 is 18.0 Å². The van der Waals surface area contributed by atoms with Crippen molar-refractivity contribution in [2.45, 2.75) is 49.8 Å². The number of aromatic nitrogens is 7. The fraction of sp³-hybridized carbons (Fsp3) is 0.321.